The SMILES string of the molecule is CC(C)(CNS(N)(=O)=O)N1CCc2ccccc2C1. The van der Waals surface area contributed by atoms with Crippen LogP contribution in [0.1, 0.15) is 25.0 Å². The fraction of sp³-hybridized carbons (Fsp3) is 0.538. The molecule has 2 rings (SSSR count). The minimum Gasteiger partial charge on any atom is -0.292 e. The van der Waals surface area contributed by atoms with Gasteiger partial charge in [0, 0.05) is 25.2 Å². The van der Waals surface area contributed by atoms with E-state index in [-0.39, 0.29) is 5.54 Å². The van der Waals surface area contributed by atoms with E-state index < -0.39 is 10.2 Å². The van der Waals surface area contributed by atoms with E-state index in [0.717, 1.165) is 19.5 Å². The predicted octanol–water partition coefficient (Wildman–Crippen LogP) is 0.616. The smallest absolute Gasteiger partial charge is 0.274 e. The summed E-state index contributed by atoms with van der Waals surface area (Å²) in [6, 6.07) is 8.38. The molecule has 1 aliphatic rings. The van der Waals surface area contributed by atoms with Gasteiger partial charge in [0.1, 0.15) is 0 Å². The highest BCUT2D eigenvalue weighted by Crippen LogP contribution is 2.24. The number of hydrogen-bond acceptors (Lipinski definition) is 3. The molecule has 0 atom stereocenters. The van der Waals surface area contributed by atoms with Crippen LogP contribution in [0, 0.1) is 0 Å². The highest BCUT2D eigenvalue weighted by atomic mass is 32.2. The Bertz CT molecular complexity index is 555. The van der Waals surface area contributed by atoms with Crippen molar-refractivity contribution in [1.29, 1.82) is 0 Å². The monoisotopic (exact) mass is 283 g/mol. The van der Waals surface area contributed by atoms with Gasteiger partial charge in [0.15, 0.2) is 0 Å². The van der Waals surface area contributed by atoms with Gasteiger partial charge in [-0.1, -0.05) is 24.3 Å². The van der Waals surface area contributed by atoms with Gasteiger partial charge in [-0.15, -0.1) is 0 Å². The van der Waals surface area contributed by atoms with Crippen LogP contribution in [-0.2, 0) is 23.2 Å². The van der Waals surface area contributed by atoms with Gasteiger partial charge in [-0.05, 0) is 31.4 Å². The van der Waals surface area contributed by atoms with Crippen LogP contribution in [-0.4, -0.2) is 31.9 Å². The summed E-state index contributed by atoms with van der Waals surface area (Å²) in [5, 5.41) is 4.99. The molecule has 106 valence electrons. The molecule has 6 heteroatoms. The number of nitrogens with zero attached hydrogens (tertiary/aromatic N) is 1. The molecule has 3 N–H and O–H groups in total. The second-order valence-corrected chi connectivity index (χ2v) is 7.00. The van der Waals surface area contributed by atoms with E-state index in [9.17, 15) is 8.42 Å². The lowest BCUT2D eigenvalue weighted by Gasteiger charge is -2.41. The maximum atomic E-state index is 11.0. The summed E-state index contributed by atoms with van der Waals surface area (Å²) in [6.07, 6.45) is 0.995. The number of benzene rings is 1. The molecular formula is C13H21N3O2S. The van der Waals surface area contributed by atoms with Crippen LogP contribution in [0.2, 0.25) is 0 Å². The van der Waals surface area contributed by atoms with Crippen LogP contribution in [0.15, 0.2) is 24.3 Å². The van der Waals surface area contributed by atoms with Gasteiger partial charge in [-0.2, -0.15) is 8.42 Å². The molecule has 0 saturated heterocycles. The summed E-state index contributed by atoms with van der Waals surface area (Å²) in [6.45, 7) is 6.14. The average Bonchev–Trinajstić information content (AvgIpc) is 2.35. The van der Waals surface area contributed by atoms with Gasteiger partial charge in [0.2, 0.25) is 0 Å². The Morgan fingerprint density at radius 3 is 2.58 bits per heavy atom. The van der Waals surface area contributed by atoms with Crippen LogP contribution < -0.4 is 9.86 Å². The first kappa shape index (κ1) is 14.5. The van der Waals surface area contributed by atoms with Crippen molar-refractivity contribution in [3.05, 3.63) is 35.4 Å². The average molecular weight is 283 g/mol. The van der Waals surface area contributed by atoms with Crippen molar-refractivity contribution in [1.82, 2.24) is 9.62 Å². The van der Waals surface area contributed by atoms with Gasteiger partial charge in [-0.25, -0.2) is 9.86 Å². The van der Waals surface area contributed by atoms with Crippen molar-refractivity contribution in [3.63, 3.8) is 0 Å². The third-order valence-electron chi connectivity index (χ3n) is 3.69. The molecule has 1 aromatic rings. The Morgan fingerprint density at radius 2 is 1.95 bits per heavy atom. The van der Waals surface area contributed by atoms with Crippen LogP contribution in [0.4, 0.5) is 0 Å². The predicted molar refractivity (Wildman–Crippen MR) is 75.7 cm³/mol. The van der Waals surface area contributed by atoms with E-state index in [1.807, 2.05) is 19.9 Å². The van der Waals surface area contributed by atoms with Crippen molar-refractivity contribution < 1.29 is 8.42 Å². The lowest BCUT2D eigenvalue weighted by molar-refractivity contribution is 0.108. The largest absolute Gasteiger partial charge is 0.292 e. The van der Waals surface area contributed by atoms with Crippen LogP contribution in [0.5, 0.6) is 0 Å². The lowest BCUT2D eigenvalue weighted by Crippen LogP contribution is -2.53. The third kappa shape index (κ3) is 3.76. The third-order valence-corrected chi connectivity index (χ3v) is 4.24. The first-order valence-electron chi connectivity index (χ1n) is 6.37. The number of nitrogens with two attached hydrogens (primary N) is 1. The van der Waals surface area contributed by atoms with Gasteiger partial charge in [0.05, 0.1) is 0 Å². The summed E-state index contributed by atoms with van der Waals surface area (Å²) < 4.78 is 24.4. The molecule has 0 fully saturated rings. The Kier molecular flexibility index (Phi) is 3.96. The molecule has 1 aliphatic heterocycles. The zero-order valence-corrected chi connectivity index (χ0v) is 12.2. The second kappa shape index (κ2) is 5.20. The zero-order valence-electron chi connectivity index (χ0n) is 11.4. The summed E-state index contributed by atoms with van der Waals surface area (Å²) in [5.41, 5.74) is 2.44. The second-order valence-electron chi connectivity index (χ2n) is 5.62. The van der Waals surface area contributed by atoms with Crippen molar-refractivity contribution in [2.24, 2.45) is 5.14 Å². The molecule has 1 aromatic carbocycles. The van der Waals surface area contributed by atoms with Crippen LogP contribution in [0.25, 0.3) is 0 Å². The maximum absolute atomic E-state index is 11.0. The molecule has 0 unspecified atom stereocenters. The van der Waals surface area contributed by atoms with E-state index in [2.05, 4.69) is 27.8 Å². The number of hydrogen-bond donors (Lipinski definition) is 2. The van der Waals surface area contributed by atoms with E-state index >= 15 is 0 Å². The summed E-state index contributed by atoms with van der Waals surface area (Å²) >= 11 is 0. The summed E-state index contributed by atoms with van der Waals surface area (Å²) in [7, 11) is -3.63. The highest BCUT2D eigenvalue weighted by molar-refractivity contribution is 7.87. The maximum Gasteiger partial charge on any atom is 0.274 e. The molecule has 0 saturated carbocycles. The fourth-order valence-corrected chi connectivity index (χ4v) is 2.96. The van der Waals surface area contributed by atoms with Gasteiger partial charge < -0.3 is 0 Å². The molecule has 5 nitrogen and oxygen atoms in total. The van der Waals surface area contributed by atoms with Crippen molar-refractivity contribution in [2.75, 3.05) is 13.1 Å². The van der Waals surface area contributed by atoms with Crippen molar-refractivity contribution >= 4 is 10.2 Å². The number of fused-ring (bicyclic) bond motifs is 1. The quantitative estimate of drug-likeness (QED) is 0.850. The first-order valence-corrected chi connectivity index (χ1v) is 7.92. The molecule has 0 spiro atoms. The van der Waals surface area contributed by atoms with Gasteiger partial charge >= 0.3 is 0 Å². The minimum atomic E-state index is -3.63. The zero-order chi connectivity index (χ0) is 14.1. The van der Waals surface area contributed by atoms with Crippen LogP contribution in [0.3, 0.4) is 0 Å². The number of rotatable bonds is 4. The Balaban J connectivity index is 2.07. The van der Waals surface area contributed by atoms with Crippen molar-refractivity contribution in [3.8, 4) is 0 Å². The summed E-state index contributed by atoms with van der Waals surface area (Å²) in [4.78, 5) is 2.29. The summed E-state index contributed by atoms with van der Waals surface area (Å²) in [5.74, 6) is 0. The normalized spacial score (nSPS) is 17.2. The number of nitrogens with one attached hydrogen (secondary N) is 1. The highest BCUT2D eigenvalue weighted by Gasteiger charge is 2.30. The lowest BCUT2D eigenvalue weighted by atomic mass is 9.94. The molecule has 1 heterocycles. The van der Waals surface area contributed by atoms with E-state index in [1.54, 1.807) is 0 Å². The van der Waals surface area contributed by atoms with E-state index in [4.69, 9.17) is 5.14 Å². The molecule has 0 bridgehead atoms. The Labute approximate surface area is 115 Å². The Hall–Kier alpha value is -0.950. The van der Waals surface area contributed by atoms with Crippen LogP contribution >= 0.6 is 0 Å². The topological polar surface area (TPSA) is 75.4 Å². The molecule has 0 radical (unpaired) electrons. The van der Waals surface area contributed by atoms with Gasteiger partial charge in [-0.3, -0.25) is 4.90 Å². The van der Waals surface area contributed by atoms with E-state index in [0.29, 0.717) is 6.54 Å². The minimum absolute atomic E-state index is 0.264. The Morgan fingerprint density at radius 1 is 1.32 bits per heavy atom. The molecule has 0 aromatic heterocycles. The first-order chi connectivity index (χ1) is 8.78. The van der Waals surface area contributed by atoms with E-state index in [1.165, 1.54) is 11.1 Å². The van der Waals surface area contributed by atoms with Gasteiger partial charge in [0.25, 0.3) is 10.2 Å². The fourth-order valence-electron chi connectivity index (χ4n) is 2.40. The molecule has 0 amide bonds. The molecular weight excluding hydrogens is 262 g/mol. The standard InChI is InChI=1S/C13H21N3O2S/c1-13(2,10-15-19(14,17)18)16-8-7-11-5-3-4-6-12(11)9-16/h3-6,15H,7-10H2,1-2H3,(H2,14,17,18). The van der Waals surface area contributed by atoms with Crippen molar-refractivity contribution in [2.45, 2.75) is 32.4 Å². The molecule has 19 heavy (non-hydrogen) atoms. The molecule has 0 aliphatic carbocycles.